The Morgan fingerprint density at radius 1 is 1.15 bits per heavy atom. The van der Waals surface area contributed by atoms with Crippen LogP contribution in [0.5, 0.6) is 0 Å². The van der Waals surface area contributed by atoms with Crippen LogP contribution in [0.3, 0.4) is 0 Å². The molecule has 10 heteroatoms. The second-order valence-electron chi connectivity index (χ2n) is 5.92. The Morgan fingerprint density at radius 2 is 2.08 bits per heavy atom. The Bertz CT molecular complexity index is 1240. The van der Waals surface area contributed by atoms with Gasteiger partial charge < -0.3 is 5.32 Å². The lowest BCUT2D eigenvalue weighted by Crippen LogP contribution is -1.94. The molecule has 0 saturated carbocycles. The van der Waals surface area contributed by atoms with Crippen molar-refractivity contribution in [1.82, 2.24) is 44.4 Å². The van der Waals surface area contributed by atoms with E-state index in [-0.39, 0.29) is 0 Å². The van der Waals surface area contributed by atoms with Gasteiger partial charge in [-0.15, -0.1) is 10.2 Å². The van der Waals surface area contributed by atoms with E-state index in [2.05, 4.69) is 35.8 Å². The van der Waals surface area contributed by atoms with Crippen LogP contribution >= 0.6 is 0 Å². The standard InChI is InChI=1S/C16H14N10/c1-24-9-10(8-18-24)14-15-20-16(22-26(15)6-5-17-14)19-11-3-4-12-13(7-11)25(2)23-21-12/h3-9H,1-2H3,(H,19,22). The van der Waals surface area contributed by atoms with E-state index in [1.807, 2.05) is 38.5 Å². The molecule has 0 atom stereocenters. The molecule has 0 aliphatic carbocycles. The smallest absolute Gasteiger partial charge is 0.247 e. The summed E-state index contributed by atoms with van der Waals surface area (Å²) in [5, 5.41) is 20.0. The lowest BCUT2D eigenvalue weighted by atomic mass is 10.2. The van der Waals surface area contributed by atoms with Gasteiger partial charge in [0.05, 0.1) is 11.7 Å². The molecule has 0 saturated heterocycles. The van der Waals surface area contributed by atoms with Crippen LogP contribution in [0.2, 0.25) is 0 Å². The molecule has 0 unspecified atom stereocenters. The number of anilines is 2. The molecule has 1 aromatic carbocycles. The van der Waals surface area contributed by atoms with Gasteiger partial charge in [-0.25, -0.2) is 9.20 Å². The average molecular weight is 346 g/mol. The van der Waals surface area contributed by atoms with E-state index in [0.717, 1.165) is 28.0 Å². The van der Waals surface area contributed by atoms with Gasteiger partial charge in [0.25, 0.3) is 0 Å². The second-order valence-corrected chi connectivity index (χ2v) is 5.92. The highest BCUT2D eigenvalue weighted by atomic mass is 15.4. The normalized spacial score (nSPS) is 11.5. The molecule has 0 radical (unpaired) electrons. The largest absolute Gasteiger partial charge is 0.323 e. The Kier molecular flexibility index (Phi) is 2.98. The molecule has 0 bridgehead atoms. The van der Waals surface area contributed by atoms with Crippen LogP contribution in [0.15, 0.2) is 43.0 Å². The predicted octanol–water partition coefficient (Wildman–Crippen LogP) is 1.55. The van der Waals surface area contributed by atoms with Gasteiger partial charge in [0.2, 0.25) is 5.95 Å². The lowest BCUT2D eigenvalue weighted by molar-refractivity contribution is 0.736. The summed E-state index contributed by atoms with van der Waals surface area (Å²) in [7, 11) is 3.72. The highest BCUT2D eigenvalue weighted by molar-refractivity contribution is 5.80. The van der Waals surface area contributed by atoms with E-state index < -0.39 is 0 Å². The van der Waals surface area contributed by atoms with Crippen LogP contribution in [0.4, 0.5) is 11.6 Å². The number of aromatic nitrogens is 9. The number of nitrogens with zero attached hydrogens (tertiary/aromatic N) is 9. The number of aryl methyl sites for hydroxylation is 2. The summed E-state index contributed by atoms with van der Waals surface area (Å²) in [6.45, 7) is 0. The van der Waals surface area contributed by atoms with Crippen LogP contribution in [0.25, 0.3) is 27.9 Å². The molecule has 5 aromatic rings. The minimum atomic E-state index is 0.484. The van der Waals surface area contributed by atoms with Gasteiger partial charge in [-0.2, -0.15) is 10.1 Å². The van der Waals surface area contributed by atoms with Crippen molar-refractivity contribution in [3.05, 3.63) is 43.0 Å². The molecule has 0 fully saturated rings. The van der Waals surface area contributed by atoms with Gasteiger partial charge in [-0.3, -0.25) is 9.67 Å². The van der Waals surface area contributed by atoms with Crippen molar-refractivity contribution in [3.63, 3.8) is 0 Å². The van der Waals surface area contributed by atoms with E-state index in [4.69, 9.17) is 0 Å². The van der Waals surface area contributed by atoms with Crippen LogP contribution in [0.1, 0.15) is 0 Å². The Balaban J connectivity index is 1.55. The Hall–Kier alpha value is -3.82. The summed E-state index contributed by atoms with van der Waals surface area (Å²) in [5.74, 6) is 0.484. The third-order valence-electron chi connectivity index (χ3n) is 4.10. The summed E-state index contributed by atoms with van der Waals surface area (Å²) in [6, 6.07) is 5.79. The van der Waals surface area contributed by atoms with Crippen molar-refractivity contribution in [2.45, 2.75) is 0 Å². The third kappa shape index (κ3) is 2.27. The summed E-state index contributed by atoms with van der Waals surface area (Å²) in [4.78, 5) is 9.02. The number of rotatable bonds is 3. The van der Waals surface area contributed by atoms with Gasteiger partial charge in [0, 0.05) is 43.9 Å². The van der Waals surface area contributed by atoms with Crippen LogP contribution in [-0.4, -0.2) is 44.4 Å². The fourth-order valence-corrected chi connectivity index (χ4v) is 2.86. The van der Waals surface area contributed by atoms with Crippen molar-refractivity contribution >= 4 is 28.3 Å². The van der Waals surface area contributed by atoms with Gasteiger partial charge in [-0.1, -0.05) is 5.21 Å². The SMILES string of the molecule is Cn1cc(-c2nccn3nc(Nc4ccc5nnn(C)c5c4)nc23)cn1. The molecule has 26 heavy (non-hydrogen) atoms. The fraction of sp³-hybridized carbons (Fsp3) is 0.125. The maximum absolute atomic E-state index is 4.59. The summed E-state index contributed by atoms with van der Waals surface area (Å²) < 4.78 is 5.15. The van der Waals surface area contributed by atoms with Crippen molar-refractivity contribution < 1.29 is 0 Å². The number of fused-ring (bicyclic) bond motifs is 2. The molecule has 10 nitrogen and oxygen atoms in total. The number of hydrogen-bond acceptors (Lipinski definition) is 7. The van der Waals surface area contributed by atoms with Gasteiger partial charge in [0.1, 0.15) is 11.2 Å². The molecule has 0 spiro atoms. The highest BCUT2D eigenvalue weighted by Crippen LogP contribution is 2.23. The molecule has 0 amide bonds. The van der Waals surface area contributed by atoms with E-state index >= 15 is 0 Å². The maximum atomic E-state index is 4.59. The first-order valence-corrected chi connectivity index (χ1v) is 7.94. The maximum Gasteiger partial charge on any atom is 0.247 e. The van der Waals surface area contributed by atoms with Crippen LogP contribution in [-0.2, 0) is 14.1 Å². The second kappa shape index (κ2) is 5.34. The zero-order valence-electron chi connectivity index (χ0n) is 14.1. The predicted molar refractivity (Wildman–Crippen MR) is 94.8 cm³/mol. The first kappa shape index (κ1) is 14.5. The third-order valence-corrected chi connectivity index (χ3v) is 4.10. The van der Waals surface area contributed by atoms with Gasteiger partial charge >= 0.3 is 0 Å². The lowest BCUT2D eigenvalue weighted by Gasteiger charge is -2.01. The van der Waals surface area contributed by atoms with Crippen molar-refractivity contribution in [2.75, 3.05) is 5.32 Å². The minimum Gasteiger partial charge on any atom is -0.323 e. The zero-order chi connectivity index (χ0) is 17.7. The minimum absolute atomic E-state index is 0.484. The summed E-state index contributed by atoms with van der Waals surface area (Å²) in [6.07, 6.45) is 7.11. The van der Waals surface area contributed by atoms with E-state index in [1.54, 1.807) is 32.5 Å². The molecule has 1 N–H and O–H groups in total. The molecular formula is C16H14N10. The molecule has 0 aliphatic rings. The molecule has 4 heterocycles. The average Bonchev–Trinajstić information content (AvgIpc) is 3.33. The summed E-state index contributed by atoms with van der Waals surface area (Å²) >= 11 is 0. The molecule has 128 valence electrons. The van der Waals surface area contributed by atoms with Gasteiger partial charge in [-0.05, 0) is 18.2 Å². The molecular weight excluding hydrogens is 332 g/mol. The van der Waals surface area contributed by atoms with Crippen molar-refractivity contribution in [3.8, 4) is 11.3 Å². The number of hydrogen-bond donors (Lipinski definition) is 1. The van der Waals surface area contributed by atoms with Crippen molar-refractivity contribution in [2.24, 2.45) is 14.1 Å². The highest BCUT2D eigenvalue weighted by Gasteiger charge is 2.13. The zero-order valence-corrected chi connectivity index (χ0v) is 14.1. The van der Waals surface area contributed by atoms with Crippen LogP contribution < -0.4 is 5.32 Å². The van der Waals surface area contributed by atoms with E-state index in [1.165, 1.54) is 0 Å². The molecule has 4 aromatic heterocycles. The molecule has 5 rings (SSSR count). The number of nitrogens with one attached hydrogen (secondary N) is 1. The fourth-order valence-electron chi connectivity index (χ4n) is 2.86. The Labute approximate surface area is 147 Å². The molecule has 0 aliphatic heterocycles. The van der Waals surface area contributed by atoms with E-state index in [9.17, 15) is 0 Å². The number of benzene rings is 1. The quantitative estimate of drug-likeness (QED) is 0.528. The Morgan fingerprint density at radius 3 is 2.92 bits per heavy atom. The van der Waals surface area contributed by atoms with Crippen molar-refractivity contribution in [1.29, 1.82) is 0 Å². The van der Waals surface area contributed by atoms with Crippen LogP contribution in [0, 0.1) is 0 Å². The first-order valence-electron chi connectivity index (χ1n) is 7.94. The summed E-state index contributed by atoms with van der Waals surface area (Å²) in [5.41, 5.74) is 4.90. The monoisotopic (exact) mass is 346 g/mol. The van der Waals surface area contributed by atoms with Gasteiger partial charge in [0.15, 0.2) is 5.65 Å². The first-order chi connectivity index (χ1) is 12.7. The topological polar surface area (TPSA) is 104 Å². The van der Waals surface area contributed by atoms with E-state index in [0.29, 0.717) is 11.6 Å².